The van der Waals surface area contributed by atoms with Crippen LogP contribution < -0.4 is 14.4 Å². The number of alkyl halides is 4. The van der Waals surface area contributed by atoms with Crippen LogP contribution in [0.15, 0.2) is 30.8 Å². The number of methoxy groups -OCH3 is 3. The largest absolute Gasteiger partial charge is 0.573 e. The number of aromatic nitrogens is 1. The van der Waals surface area contributed by atoms with E-state index in [1.165, 1.54) is 39.3 Å². The summed E-state index contributed by atoms with van der Waals surface area (Å²) < 4.78 is 66.6. The Morgan fingerprint density at radius 3 is 2.30 bits per heavy atom. The van der Waals surface area contributed by atoms with Crippen LogP contribution in [0.25, 0.3) is 16.8 Å². The highest BCUT2D eigenvalue weighted by Crippen LogP contribution is 2.39. The lowest BCUT2D eigenvalue weighted by molar-refractivity contribution is -0.274. The molecule has 8 nitrogen and oxygen atoms in total. The molecule has 1 atom stereocenters. The molecule has 1 saturated heterocycles. The Morgan fingerprint density at radius 1 is 1.20 bits per heavy atom. The third kappa shape index (κ3) is 9.58. The highest BCUT2D eigenvalue weighted by molar-refractivity contribution is 5.79. The van der Waals surface area contributed by atoms with E-state index >= 15 is 0 Å². The first kappa shape index (κ1) is 34.5. The Hall–Kier alpha value is -3.54. The van der Waals surface area contributed by atoms with Crippen molar-refractivity contribution < 1.29 is 41.3 Å². The molecule has 1 amide bonds. The number of hydrogen-bond acceptors (Lipinski definition) is 7. The smallest absolute Gasteiger partial charge is 0.496 e. The van der Waals surface area contributed by atoms with E-state index in [9.17, 15) is 22.4 Å². The van der Waals surface area contributed by atoms with E-state index < -0.39 is 6.36 Å². The average Bonchev–Trinajstić information content (AvgIpc) is 3.38. The zero-order chi connectivity index (χ0) is 30.6. The highest BCUT2D eigenvalue weighted by atomic mass is 19.4. The van der Waals surface area contributed by atoms with Gasteiger partial charge < -0.3 is 28.7 Å². The van der Waals surface area contributed by atoms with Crippen LogP contribution in [0.4, 0.5) is 28.0 Å². The van der Waals surface area contributed by atoms with Crippen molar-refractivity contribution in [1.29, 1.82) is 0 Å². The molecular formula is C28H39F4N3O5. The first-order valence-electron chi connectivity index (χ1n) is 12.4. The van der Waals surface area contributed by atoms with Crippen LogP contribution in [0, 0.1) is 6.92 Å². The van der Waals surface area contributed by atoms with Gasteiger partial charge in [-0.3, -0.25) is 4.39 Å². The predicted octanol–water partition coefficient (Wildman–Crippen LogP) is 6.51. The minimum Gasteiger partial charge on any atom is -0.496 e. The van der Waals surface area contributed by atoms with Gasteiger partial charge in [-0.2, -0.15) is 0 Å². The number of rotatable bonds is 6. The summed E-state index contributed by atoms with van der Waals surface area (Å²) in [5.74, 6) is -0.172. The number of carbonyl (C=O) groups excluding carboxylic acids is 1. The first-order valence-corrected chi connectivity index (χ1v) is 12.4. The number of amides is 1. The minimum absolute atomic E-state index is 0.0672. The van der Waals surface area contributed by atoms with E-state index in [1.807, 2.05) is 27.0 Å². The molecule has 0 aliphatic carbocycles. The van der Waals surface area contributed by atoms with Crippen LogP contribution in [0.2, 0.25) is 0 Å². The van der Waals surface area contributed by atoms with Crippen molar-refractivity contribution in [3.8, 4) is 22.8 Å². The van der Waals surface area contributed by atoms with Gasteiger partial charge in [-0.25, -0.2) is 9.78 Å². The number of carbonyl (C=O) groups is 1. The Labute approximate surface area is 233 Å². The van der Waals surface area contributed by atoms with Crippen LogP contribution in [0.3, 0.4) is 0 Å². The zero-order valence-electron chi connectivity index (χ0n) is 24.3. The summed E-state index contributed by atoms with van der Waals surface area (Å²) in [5, 5.41) is 0. The Morgan fingerprint density at radius 2 is 1.80 bits per heavy atom. The van der Waals surface area contributed by atoms with Gasteiger partial charge in [0, 0.05) is 52.0 Å². The molecule has 0 unspecified atom stereocenters. The maximum Gasteiger partial charge on any atom is 0.573 e. The topological polar surface area (TPSA) is 73.4 Å². The van der Waals surface area contributed by atoms with E-state index in [0.29, 0.717) is 30.0 Å². The second-order valence-electron chi connectivity index (χ2n) is 8.86. The number of pyridine rings is 1. The number of aryl methyl sites for hydroxylation is 1. The van der Waals surface area contributed by atoms with Gasteiger partial charge in [0.2, 0.25) is 0 Å². The van der Waals surface area contributed by atoms with Gasteiger partial charge in [-0.15, -0.1) is 13.2 Å². The number of nitrogens with zero attached hydrogens (tertiary/aromatic N) is 3. The van der Waals surface area contributed by atoms with Gasteiger partial charge in [0.15, 0.2) is 0 Å². The summed E-state index contributed by atoms with van der Waals surface area (Å²) in [6.07, 6.45) is -4.38. The van der Waals surface area contributed by atoms with Gasteiger partial charge >= 0.3 is 12.5 Å². The van der Waals surface area contributed by atoms with Crippen LogP contribution in [-0.4, -0.2) is 83.6 Å². The number of likely N-dealkylation sites (tertiary alicyclic amines) is 1. The third-order valence-corrected chi connectivity index (χ3v) is 5.78. The molecule has 3 rings (SSSR count). The molecule has 224 valence electrons. The van der Waals surface area contributed by atoms with Crippen LogP contribution in [-0.2, 0) is 9.47 Å². The van der Waals surface area contributed by atoms with E-state index in [2.05, 4.69) is 21.0 Å². The fraction of sp³-hybridized carbons (Fsp3) is 0.500. The van der Waals surface area contributed by atoms with Crippen molar-refractivity contribution in [3.05, 3.63) is 42.1 Å². The molecule has 1 aliphatic heterocycles. The fourth-order valence-electron chi connectivity index (χ4n) is 4.07. The number of allylic oxidation sites excluding steroid dienone is 1. The zero-order valence-corrected chi connectivity index (χ0v) is 24.3. The molecule has 1 fully saturated rings. The Kier molecular flexibility index (Phi) is 13.7. The molecule has 0 N–H and O–H groups in total. The number of likely N-dealkylation sites (N-methyl/N-ethyl adjacent to an activating group) is 1. The van der Waals surface area contributed by atoms with Crippen LogP contribution >= 0.6 is 0 Å². The minimum atomic E-state index is -4.80. The normalized spacial score (nSPS) is 14.3. The lowest BCUT2D eigenvalue weighted by atomic mass is 10.0. The number of anilines is 1. The van der Waals surface area contributed by atoms with Gasteiger partial charge in [0.05, 0.1) is 38.0 Å². The van der Waals surface area contributed by atoms with Crippen molar-refractivity contribution in [2.75, 3.05) is 60.2 Å². The second kappa shape index (κ2) is 15.9. The lowest BCUT2D eigenvalue weighted by Crippen LogP contribution is -2.37. The maximum absolute atomic E-state index is 12.6. The standard InChI is InChI=1S/C24H28F3N3O4.C2H5F.C2H6O/c1-14(2)21-19(29(4)16-9-10-30(13-16)23(31)33-6)11-15(3)22(28-21)18-8-7-17(12-20(18)32-5)34-24(25,26)27;1-2-3;1-3-2/h7-8,11-12,16H,1,9-10,13H2,2-6H3;2H2,1H3;1-2H3/t16-;;/m0../s1. The first-order chi connectivity index (χ1) is 18.8. The highest BCUT2D eigenvalue weighted by Gasteiger charge is 2.32. The van der Waals surface area contributed by atoms with Gasteiger partial charge in [-0.05, 0) is 56.5 Å². The monoisotopic (exact) mass is 573 g/mol. The van der Waals surface area contributed by atoms with Gasteiger partial charge in [0.25, 0.3) is 0 Å². The number of halogens is 4. The summed E-state index contributed by atoms with van der Waals surface area (Å²) in [4.78, 5) is 20.5. The molecule has 1 aromatic heterocycles. The van der Waals surface area contributed by atoms with E-state index in [4.69, 9.17) is 14.5 Å². The predicted molar refractivity (Wildman–Crippen MR) is 148 cm³/mol. The summed E-state index contributed by atoms with van der Waals surface area (Å²) in [6, 6.07) is 5.94. The molecule has 0 bridgehead atoms. The van der Waals surface area contributed by atoms with Crippen molar-refractivity contribution in [2.24, 2.45) is 0 Å². The maximum atomic E-state index is 12.6. The van der Waals surface area contributed by atoms with Crippen LogP contribution in [0.5, 0.6) is 11.5 Å². The van der Waals surface area contributed by atoms with Crippen molar-refractivity contribution in [2.45, 2.75) is 39.6 Å². The van der Waals surface area contributed by atoms with Crippen molar-refractivity contribution in [1.82, 2.24) is 9.88 Å². The summed E-state index contributed by atoms with van der Waals surface area (Å²) in [6.45, 7) is 10.1. The molecule has 2 aromatic rings. The average molecular weight is 574 g/mol. The molecule has 12 heteroatoms. The number of ether oxygens (including phenoxy) is 4. The van der Waals surface area contributed by atoms with E-state index in [1.54, 1.807) is 19.1 Å². The van der Waals surface area contributed by atoms with E-state index in [-0.39, 0.29) is 30.3 Å². The fourth-order valence-corrected chi connectivity index (χ4v) is 4.07. The SMILES string of the molecule is C=C(C)c1nc(-c2ccc(OC(F)(F)F)cc2OC)c(C)cc1N(C)[C@H]1CCN(C(=O)OC)C1.CCF.COC. The van der Waals surface area contributed by atoms with Gasteiger partial charge in [0.1, 0.15) is 11.5 Å². The summed E-state index contributed by atoms with van der Waals surface area (Å²) in [5.41, 5.74) is 4.12. The molecular weight excluding hydrogens is 534 g/mol. The molecule has 0 radical (unpaired) electrons. The Balaban J connectivity index is 0.00000122. The molecule has 0 saturated carbocycles. The van der Waals surface area contributed by atoms with Gasteiger partial charge in [-0.1, -0.05) is 6.58 Å². The molecule has 2 heterocycles. The molecule has 1 aliphatic rings. The van der Waals surface area contributed by atoms with Crippen molar-refractivity contribution in [3.63, 3.8) is 0 Å². The molecule has 1 aromatic carbocycles. The van der Waals surface area contributed by atoms with Crippen molar-refractivity contribution >= 4 is 17.4 Å². The number of benzene rings is 1. The number of hydrogen-bond donors (Lipinski definition) is 0. The summed E-state index contributed by atoms with van der Waals surface area (Å²) >= 11 is 0. The molecule has 0 spiro atoms. The lowest BCUT2D eigenvalue weighted by Gasteiger charge is -2.29. The van der Waals surface area contributed by atoms with Crippen LogP contribution in [0.1, 0.15) is 31.5 Å². The second-order valence-corrected chi connectivity index (χ2v) is 8.86. The summed E-state index contributed by atoms with van der Waals surface area (Å²) in [7, 11) is 7.93. The Bertz CT molecular complexity index is 1130. The molecule has 40 heavy (non-hydrogen) atoms. The quantitative estimate of drug-likeness (QED) is 0.365. The van der Waals surface area contributed by atoms with E-state index in [0.717, 1.165) is 23.2 Å². The third-order valence-electron chi connectivity index (χ3n) is 5.78.